The van der Waals surface area contributed by atoms with Gasteiger partial charge in [-0.1, -0.05) is 36.4 Å². The third kappa shape index (κ3) is 8.03. The van der Waals surface area contributed by atoms with Crippen LogP contribution in [0.1, 0.15) is 17.5 Å². The van der Waals surface area contributed by atoms with Crippen LogP contribution in [-0.4, -0.2) is 41.7 Å². The predicted molar refractivity (Wildman–Crippen MR) is 110 cm³/mol. The highest BCUT2D eigenvalue weighted by Crippen LogP contribution is 2.44. The van der Waals surface area contributed by atoms with Crippen molar-refractivity contribution in [3.63, 3.8) is 0 Å². The Morgan fingerprint density at radius 2 is 1.68 bits per heavy atom. The number of carbonyl (C=O) groups is 2. The van der Waals surface area contributed by atoms with E-state index < -0.39 is 32.4 Å². The van der Waals surface area contributed by atoms with Crippen molar-refractivity contribution in [3.8, 4) is 11.5 Å². The van der Waals surface area contributed by atoms with E-state index in [0.29, 0.717) is 17.7 Å². The summed E-state index contributed by atoms with van der Waals surface area (Å²) >= 11 is 0. The SMILES string of the molecule is COc1ccccc1CCC(=O)OCc1ccccc1OP(=O)(O)OC[C@H](N)C(=O)O. The zero-order chi connectivity index (χ0) is 22.9. The molecule has 0 fully saturated rings. The monoisotopic (exact) mass is 453 g/mol. The molecule has 168 valence electrons. The van der Waals surface area contributed by atoms with Crippen molar-refractivity contribution in [2.45, 2.75) is 25.5 Å². The number of para-hydroxylation sites is 2. The fourth-order valence-electron chi connectivity index (χ4n) is 2.49. The Kier molecular flexibility index (Phi) is 9.02. The van der Waals surface area contributed by atoms with Crippen LogP contribution in [0.25, 0.3) is 0 Å². The number of phosphoric ester groups is 1. The van der Waals surface area contributed by atoms with Gasteiger partial charge in [0.05, 0.1) is 13.7 Å². The van der Waals surface area contributed by atoms with Crippen LogP contribution in [0.15, 0.2) is 48.5 Å². The fourth-order valence-corrected chi connectivity index (χ4v) is 3.31. The normalized spacial score (nSPS) is 13.6. The Balaban J connectivity index is 1.92. The minimum atomic E-state index is -4.64. The summed E-state index contributed by atoms with van der Waals surface area (Å²) in [5.74, 6) is -1.23. The Hall–Kier alpha value is -2.91. The first-order valence-corrected chi connectivity index (χ1v) is 10.7. The van der Waals surface area contributed by atoms with Gasteiger partial charge in [-0.2, -0.15) is 0 Å². The fraction of sp³-hybridized carbons (Fsp3) is 0.300. The first-order valence-electron chi connectivity index (χ1n) is 9.22. The van der Waals surface area contributed by atoms with Crippen molar-refractivity contribution < 1.29 is 42.7 Å². The Labute approximate surface area is 179 Å². The summed E-state index contributed by atoms with van der Waals surface area (Å²) in [7, 11) is -3.09. The molecule has 0 amide bonds. The number of aliphatic carboxylic acids is 1. The summed E-state index contributed by atoms with van der Waals surface area (Å²) in [6.45, 7) is -0.918. The molecule has 2 rings (SSSR count). The van der Waals surface area contributed by atoms with Gasteiger partial charge in [-0.05, 0) is 24.1 Å². The van der Waals surface area contributed by atoms with Crippen molar-refractivity contribution in [1.82, 2.24) is 0 Å². The molecule has 4 N–H and O–H groups in total. The molecule has 0 saturated carbocycles. The molecule has 0 saturated heterocycles. The molecule has 31 heavy (non-hydrogen) atoms. The van der Waals surface area contributed by atoms with E-state index in [1.165, 1.54) is 6.07 Å². The molecule has 2 aromatic carbocycles. The molecule has 2 atom stereocenters. The number of aryl methyl sites for hydroxylation is 1. The first kappa shape index (κ1) is 24.4. The maximum atomic E-state index is 12.1. The molecule has 0 radical (unpaired) electrons. The van der Waals surface area contributed by atoms with Crippen molar-refractivity contribution >= 4 is 19.8 Å². The van der Waals surface area contributed by atoms with Gasteiger partial charge in [-0.25, -0.2) is 4.57 Å². The molecule has 1 unspecified atom stereocenters. The number of hydrogen-bond acceptors (Lipinski definition) is 8. The van der Waals surface area contributed by atoms with Gasteiger partial charge in [-0.3, -0.25) is 19.0 Å². The van der Waals surface area contributed by atoms with E-state index in [9.17, 15) is 19.0 Å². The summed E-state index contributed by atoms with van der Waals surface area (Å²) in [6.07, 6.45) is 0.530. The molecule has 0 aromatic heterocycles. The van der Waals surface area contributed by atoms with Gasteiger partial charge < -0.3 is 24.8 Å². The number of phosphoric acid groups is 1. The summed E-state index contributed by atoms with van der Waals surface area (Å²) in [5.41, 5.74) is 6.43. The third-order valence-electron chi connectivity index (χ3n) is 4.10. The highest BCUT2D eigenvalue weighted by molar-refractivity contribution is 7.47. The van der Waals surface area contributed by atoms with Crippen LogP contribution in [-0.2, 0) is 36.4 Å². The number of esters is 1. The average Bonchev–Trinajstić information content (AvgIpc) is 2.75. The quantitative estimate of drug-likeness (QED) is 0.322. The van der Waals surface area contributed by atoms with Crippen molar-refractivity contribution in [1.29, 1.82) is 0 Å². The van der Waals surface area contributed by atoms with Gasteiger partial charge in [-0.15, -0.1) is 0 Å². The Morgan fingerprint density at radius 1 is 1.06 bits per heavy atom. The standard InChI is InChI=1S/C20H24NO9P/c1-27-17-8-4-2-6-14(17)10-11-19(22)28-12-15-7-3-5-9-18(15)30-31(25,26)29-13-16(21)20(23)24/h2-9,16H,10-13,21H2,1H3,(H,23,24)(H,25,26)/t16-/m0/s1. The van der Waals surface area contributed by atoms with Gasteiger partial charge in [0.25, 0.3) is 0 Å². The maximum absolute atomic E-state index is 12.1. The van der Waals surface area contributed by atoms with Crippen LogP contribution >= 0.6 is 7.82 Å². The number of methoxy groups -OCH3 is 1. The topological polar surface area (TPSA) is 155 Å². The first-order chi connectivity index (χ1) is 14.7. The van der Waals surface area contributed by atoms with E-state index in [1.807, 2.05) is 18.2 Å². The third-order valence-corrected chi connectivity index (χ3v) is 5.00. The molecule has 11 heteroatoms. The molecule has 2 aromatic rings. The van der Waals surface area contributed by atoms with E-state index in [0.717, 1.165) is 5.56 Å². The lowest BCUT2D eigenvalue weighted by atomic mass is 10.1. The van der Waals surface area contributed by atoms with Gasteiger partial charge in [0.15, 0.2) is 0 Å². The summed E-state index contributed by atoms with van der Waals surface area (Å²) in [5, 5.41) is 8.71. The van der Waals surface area contributed by atoms with Crippen molar-refractivity contribution in [2.75, 3.05) is 13.7 Å². The molecule has 0 aliphatic heterocycles. The van der Waals surface area contributed by atoms with E-state index >= 15 is 0 Å². The molecular formula is C20H24NO9P. The number of carboxylic acids is 1. The Bertz CT molecular complexity index is 950. The lowest BCUT2D eigenvalue weighted by molar-refractivity contribution is -0.145. The molecular weight excluding hydrogens is 429 g/mol. The maximum Gasteiger partial charge on any atom is 0.527 e. The predicted octanol–water partition coefficient (Wildman–Crippen LogP) is 2.28. The molecule has 10 nitrogen and oxygen atoms in total. The zero-order valence-electron chi connectivity index (χ0n) is 16.8. The van der Waals surface area contributed by atoms with Crippen LogP contribution in [0.2, 0.25) is 0 Å². The summed E-state index contributed by atoms with van der Waals surface area (Å²) in [6, 6.07) is 12.0. The van der Waals surface area contributed by atoms with Gasteiger partial charge in [0.1, 0.15) is 24.1 Å². The molecule has 0 bridgehead atoms. The van der Waals surface area contributed by atoms with Crippen LogP contribution in [0.5, 0.6) is 11.5 Å². The number of hydrogen-bond donors (Lipinski definition) is 3. The second-order valence-corrected chi connectivity index (χ2v) is 7.76. The molecule has 0 aliphatic rings. The number of benzene rings is 2. The number of ether oxygens (including phenoxy) is 2. The van der Waals surface area contributed by atoms with Gasteiger partial charge >= 0.3 is 19.8 Å². The van der Waals surface area contributed by atoms with E-state index in [-0.39, 0.29) is 18.8 Å². The average molecular weight is 453 g/mol. The smallest absolute Gasteiger partial charge is 0.496 e. The van der Waals surface area contributed by atoms with E-state index in [4.69, 9.17) is 24.8 Å². The second-order valence-electron chi connectivity index (χ2n) is 6.38. The lowest BCUT2D eigenvalue weighted by Gasteiger charge is -2.16. The molecule has 0 heterocycles. The van der Waals surface area contributed by atoms with Crippen molar-refractivity contribution in [2.24, 2.45) is 5.73 Å². The Morgan fingerprint density at radius 3 is 2.32 bits per heavy atom. The minimum absolute atomic E-state index is 0.0465. The molecule has 0 spiro atoms. The summed E-state index contributed by atoms with van der Waals surface area (Å²) in [4.78, 5) is 32.6. The summed E-state index contributed by atoms with van der Waals surface area (Å²) < 4.78 is 32.1. The largest absolute Gasteiger partial charge is 0.527 e. The number of rotatable bonds is 12. The minimum Gasteiger partial charge on any atom is -0.496 e. The lowest BCUT2D eigenvalue weighted by Crippen LogP contribution is -2.34. The second kappa shape index (κ2) is 11.5. The van der Waals surface area contributed by atoms with E-state index in [1.54, 1.807) is 31.4 Å². The highest BCUT2D eigenvalue weighted by Gasteiger charge is 2.27. The number of nitrogens with two attached hydrogens (primary N) is 1. The highest BCUT2D eigenvalue weighted by atomic mass is 31.2. The van der Waals surface area contributed by atoms with Crippen LogP contribution in [0.3, 0.4) is 0 Å². The van der Waals surface area contributed by atoms with Crippen LogP contribution < -0.4 is 15.0 Å². The van der Waals surface area contributed by atoms with Crippen LogP contribution in [0.4, 0.5) is 0 Å². The van der Waals surface area contributed by atoms with Gasteiger partial charge in [0.2, 0.25) is 0 Å². The zero-order valence-corrected chi connectivity index (χ0v) is 17.7. The van der Waals surface area contributed by atoms with Crippen LogP contribution in [0, 0.1) is 0 Å². The number of carboxylic acid groups (broad SMARTS) is 1. The van der Waals surface area contributed by atoms with Crippen molar-refractivity contribution in [3.05, 3.63) is 59.7 Å². The van der Waals surface area contributed by atoms with E-state index in [2.05, 4.69) is 4.52 Å². The van der Waals surface area contributed by atoms with Gasteiger partial charge in [0, 0.05) is 12.0 Å². The number of carbonyl (C=O) groups excluding carboxylic acids is 1. The molecule has 0 aliphatic carbocycles.